The van der Waals surface area contributed by atoms with Gasteiger partial charge >= 0.3 is 0 Å². The van der Waals surface area contributed by atoms with Crippen LogP contribution in [0.2, 0.25) is 0 Å². The summed E-state index contributed by atoms with van der Waals surface area (Å²) in [6.45, 7) is 29.2. The summed E-state index contributed by atoms with van der Waals surface area (Å²) in [4.78, 5) is 2.40. The minimum absolute atomic E-state index is 0.437. The standard InChI is InChI=1S/C35H48NP.C8H10.C8H12/c1-25-14-10-12-16-31(20-25)36(34-23-27(3)26(2)21-29(34)5)32-19-18-30(28(4)22-32)15-11-13-17-33(37-9)24-35(6,7)8;1-7-3-5-8(2)6-4-7;1-7-4-3-5-8(2)6-7/h10,14,16,18-23,33,37H,11,13,15,17,24H2,1-9H3;3-6H,1-2H3;3-5,7H,6H2,1-2H3. The number of hydrogen-bond donors (Lipinski definition) is 0. The Morgan fingerprint density at radius 1 is 0.792 bits per heavy atom. The van der Waals surface area contributed by atoms with Gasteiger partial charge in [-0.25, -0.2) is 0 Å². The predicted molar refractivity (Wildman–Crippen MR) is 241 cm³/mol. The van der Waals surface area contributed by atoms with Gasteiger partial charge < -0.3 is 4.90 Å². The minimum atomic E-state index is 0.437. The molecule has 1 nitrogen and oxygen atoms in total. The maximum absolute atomic E-state index is 3.35. The van der Waals surface area contributed by atoms with Crippen LogP contribution in [-0.4, -0.2) is 12.3 Å². The quantitative estimate of drug-likeness (QED) is 0.114. The fourth-order valence-corrected chi connectivity index (χ4v) is 8.27. The first kappa shape index (κ1) is 43.8. The van der Waals surface area contributed by atoms with E-state index in [4.69, 9.17) is 0 Å². The number of anilines is 2. The van der Waals surface area contributed by atoms with E-state index in [1.54, 1.807) is 0 Å². The van der Waals surface area contributed by atoms with Gasteiger partial charge in [0.25, 0.3) is 0 Å². The lowest BCUT2D eigenvalue weighted by Gasteiger charge is -2.29. The third-order valence-corrected chi connectivity index (χ3v) is 11.5. The van der Waals surface area contributed by atoms with Gasteiger partial charge in [0.2, 0.25) is 0 Å². The predicted octanol–water partition coefficient (Wildman–Crippen LogP) is 15.3. The Hall–Kier alpha value is -3.63. The maximum atomic E-state index is 3.35. The number of aryl methyl sites for hydroxylation is 7. The van der Waals surface area contributed by atoms with E-state index < -0.39 is 0 Å². The van der Waals surface area contributed by atoms with E-state index in [-0.39, 0.29) is 0 Å². The molecule has 2 heteroatoms. The van der Waals surface area contributed by atoms with Crippen molar-refractivity contribution in [3.8, 4) is 0 Å². The summed E-state index contributed by atoms with van der Waals surface area (Å²) in [7, 11) is 1.05. The van der Waals surface area contributed by atoms with Crippen molar-refractivity contribution >= 4 is 20.0 Å². The molecule has 0 N–H and O–H groups in total. The largest absolute Gasteiger partial charge is 0.310 e. The maximum Gasteiger partial charge on any atom is 0.0541 e. The molecule has 3 aromatic carbocycles. The molecule has 0 radical (unpaired) electrons. The van der Waals surface area contributed by atoms with Gasteiger partial charge in [-0.3, -0.25) is 0 Å². The summed E-state index contributed by atoms with van der Waals surface area (Å²) in [5.74, 6) is 0.764. The Kier molecular flexibility index (Phi) is 17.6. The second-order valence-corrected chi connectivity index (χ2v) is 18.3. The van der Waals surface area contributed by atoms with Crippen LogP contribution < -0.4 is 4.90 Å². The normalized spacial score (nSPS) is 15.8. The number of nitrogens with zero attached hydrogens (tertiary/aromatic N) is 1. The van der Waals surface area contributed by atoms with Crippen molar-refractivity contribution in [2.75, 3.05) is 11.6 Å². The highest BCUT2D eigenvalue weighted by molar-refractivity contribution is 7.37. The molecule has 3 atom stereocenters. The summed E-state index contributed by atoms with van der Waals surface area (Å²) in [6, 6.07) is 20.2. The summed E-state index contributed by atoms with van der Waals surface area (Å²) in [5, 5.41) is 0. The lowest BCUT2D eigenvalue weighted by molar-refractivity contribution is 0.362. The average Bonchev–Trinajstić information content (AvgIpc) is 3.31. The summed E-state index contributed by atoms with van der Waals surface area (Å²) in [6.07, 6.45) is 22.8. The topological polar surface area (TPSA) is 3.24 Å². The average molecular weight is 728 g/mol. The molecule has 0 bridgehead atoms. The molecule has 0 aliphatic heterocycles. The van der Waals surface area contributed by atoms with Crippen LogP contribution in [0.25, 0.3) is 0 Å². The Bertz CT molecular complexity index is 1790. The molecule has 0 saturated heterocycles. The van der Waals surface area contributed by atoms with Gasteiger partial charge in [-0.1, -0.05) is 112 Å². The number of rotatable bonds is 10. The Morgan fingerprint density at radius 3 is 2.02 bits per heavy atom. The third-order valence-electron chi connectivity index (χ3n) is 10.1. The van der Waals surface area contributed by atoms with Crippen LogP contribution in [0.4, 0.5) is 11.4 Å². The molecule has 2 aliphatic carbocycles. The molecule has 2 aliphatic rings. The SMILES string of the molecule is CC1=CC=CC(C)C1.CPC(CCCCc1ccc(N(C2=CC(C)=CC=C=C2)c2cc(C)c(C)cc2C)cc1C)CC(C)(C)C.Cc1ccc(C)cc1. The van der Waals surface area contributed by atoms with Gasteiger partial charge in [-0.05, 0) is 175 Å². The van der Waals surface area contributed by atoms with Crippen molar-refractivity contribution in [2.24, 2.45) is 11.3 Å². The van der Waals surface area contributed by atoms with Crippen LogP contribution in [0.1, 0.15) is 113 Å². The molecular formula is C51H70NP. The van der Waals surface area contributed by atoms with E-state index in [1.807, 2.05) is 6.08 Å². The number of hydrogen-bond acceptors (Lipinski definition) is 1. The highest BCUT2D eigenvalue weighted by Gasteiger charge is 2.19. The first-order chi connectivity index (χ1) is 25.1. The summed E-state index contributed by atoms with van der Waals surface area (Å²) in [5.41, 5.74) is 20.4. The molecule has 0 saturated carbocycles. The van der Waals surface area contributed by atoms with Gasteiger partial charge in [0.05, 0.1) is 5.70 Å². The zero-order valence-electron chi connectivity index (χ0n) is 35.6. The van der Waals surface area contributed by atoms with E-state index in [0.717, 1.165) is 32.3 Å². The first-order valence-corrected chi connectivity index (χ1v) is 21.5. The van der Waals surface area contributed by atoms with Crippen LogP contribution in [0.5, 0.6) is 0 Å². The van der Waals surface area contributed by atoms with E-state index in [2.05, 4.69) is 191 Å². The molecule has 0 fully saturated rings. The second-order valence-electron chi connectivity index (χ2n) is 16.9. The van der Waals surface area contributed by atoms with Crippen molar-refractivity contribution in [1.82, 2.24) is 0 Å². The van der Waals surface area contributed by atoms with Crippen molar-refractivity contribution in [2.45, 2.75) is 127 Å². The fraction of sp³-hybridized carbons (Fsp3) is 0.431. The second kappa shape index (κ2) is 21.3. The molecule has 3 aromatic rings. The van der Waals surface area contributed by atoms with Crippen molar-refractivity contribution < 1.29 is 0 Å². The van der Waals surface area contributed by atoms with Gasteiger partial charge in [-0.15, -0.1) is 14.3 Å². The molecule has 5 rings (SSSR count). The van der Waals surface area contributed by atoms with E-state index in [0.29, 0.717) is 5.41 Å². The van der Waals surface area contributed by atoms with E-state index in [1.165, 1.54) is 93.6 Å². The molecule has 284 valence electrons. The molecule has 0 aromatic heterocycles. The van der Waals surface area contributed by atoms with Gasteiger partial charge in [0, 0.05) is 17.5 Å². The van der Waals surface area contributed by atoms with Gasteiger partial charge in [-0.2, -0.15) is 0 Å². The molecule has 0 heterocycles. The van der Waals surface area contributed by atoms with Gasteiger partial charge in [0.1, 0.15) is 0 Å². The van der Waals surface area contributed by atoms with Crippen LogP contribution in [0.15, 0.2) is 120 Å². The van der Waals surface area contributed by atoms with Crippen LogP contribution in [0.3, 0.4) is 0 Å². The van der Waals surface area contributed by atoms with Gasteiger partial charge in [0.15, 0.2) is 0 Å². The molecule has 0 amide bonds. The smallest absolute Gasteiger partial charge is 0.0541 e. The number of benzene rings is 3. The third kappa shape index (κ3) is 15.3. The monoisotopic (exact) mass is 728 g/mol. The summed E-state index contributed by atoms with van der Waals surface area (Å²) < 4.78 is 0. The molecule has 3 unspecified atom stereocenters. The Morgan fingerprint density at radius 2 is 1.45 bits per heavy atom. The zero-order valence-corrected chi connectivity index (χ0v) is 36.6. The highest BCUT2D eigenvalue weighted by Crippen LogP contribution is 2.37. The van der Waals surface area contributed by atoms with Crippen LogP contribution >= 0.6 is 8.58 Å². The van der Waals surface area contributed by atoms with Crippen LogP contribution in [-0.2, 0) is 6.42 Å². The van der Waals surface area contributed by atoms with E-state index >= 15 is 0 Å². The fourth-order valence-electron chi connectivity index (χ4n) is 6.96. The minimum Gasteiger partial charge on any atom is -0.310 e. The summed E-state index contributed by atoms with van der Waals surface area (Å²) >= 11 is 0. The molecule has 0 spiro atoms. The van der Waals surface area contributed by atoms with Crippen molar-refractivity contribution in [3.05, 3.63) is 159 Å². The van der Waals surface area contributed by atoms with Crippen LogP contribution in [0, 0.1) is 52.9 Å². The number of unbranched alkanes of at least 4 members (excludes halogenated alkanes) is 1. The zero-order chi connectivity index (χ0) is 39.1. The molecule has 53 heavy (non-hydrogen) atoms. The van der Waals surface area contributed by atoms with Crippen molar-refractivity contribution in [1.29, 1.82) is 0 Å². The lowest BCUT2D eigenvalue weighted by Crippen LogP contribution is -2.17. The van der Waals surface area contributed by atoms with E-state index in [9.17, 15) is 0 Å². The molecular weight excluding hydrogens is 658 g/mol. The lowest BCUT2D eigenvalue weighted by atomic mass is 9.89. The Balaban J connectivity index is 0.000000384. The highest BCUT2D eigenvalue weighted by atomic mass is 31.1. The number of allylic oxidation sites excluding steroid dienone is 8. The van der Waals surface area contributed by atoms with Crippen molar-refractivity contribution in [3.63, 3.8) is 0 Å². The Labute approximate surface area is 327 Å². The first-order valence-electron chi connectivity index (χ1n) is 19.9.